The number of nitrogens with one attached hydrogen (secondary N) is 1. The highest BCUT2D eigenvalue weighted by atomic mass is 16.7. The van der Waals surface area contributed by atoms with Crippen molar-refractivity contribution in [2.24, 2.45) is 0 Å². The third-order valence-corrected chi connectivity index (χ3v) is 4.98. The molecule has 2 heterocycles. The molecule has 0 saturated heterocycles. The summed E-state index contributed by atoms with van der Waals surface area (Å²) in [6.45, 7) is 3.70. The Balaban J connectivity index is 1.33. The number of rotatable bonds is 7. The van der Waals surface area contributed by atoms with Crippen LogP contribution in [0, 0.1) is 0 Å². The number of carbonyl (C=O) groups is 1. The number of ether oxygens (including phenoxy) is 2. The molecule has 4 rings (SSSR count). The zero-order valence-electron chi connectivity index (χ0n) is 15.8. The van der Waals surface area contributed by atoms with Crippen molar-refractivity contribution in [1.82, 2.24) is 14.5 Å². The highest BCUT2D eigenvalue weighted by Gasteiger charge is 2.14. The minimum atomic E-state index is -0.0724. The molecule has 28 heavy (non-hydrogen) atoms. The molecule has 7 nitrogen and oxygen atoms in total. The van der Waals surface area contributed by atoms with Gasteiger partial charge >= 0.3 is 5.69 Å². The van der Waals surface area contributed by atoms with E-state index in [-0.39, 0.29) is 24.8 Å². The minimum absolute atomic E-state index is 0.0685. The fourth-order valence-corrected chi connectivity index (χ4v) is 3.54. The monoisotopic (exact) mass is 381 g/mol. The van der Waals surface area contributed by atoms with Gasteiger partial charge in [-0.3, -0.25) is 13.9 Å². The third-order valence-electron chi connectivity index (χ3n) is 4.98. The van der Waals surface area contributed by atoms with Crippen LogP contribution in [0.1, 0.15) is 18.9 Å². The summed E-state index contributed by atoms with van der Waals surface area (Å²) in [6.07, 6.45) is 0.968. The molecule has 0 aliphatic carbocycles. The Morgan fingerprint density at radius 2 is 1.82 bits per heavy atom. The highest BCUT2D eigenvalue weighted by Crippen LogP contribution is 2.32. The van der Waals surface area contributed by atoms with Gasteiger partial charge in [0, 0.05) is 26.1 Å². The molecular weight excluding hydrogens is 358 g/mol. The first-order chi connectivity index (χ1) is 13.7. The van der Waals surface area contributed by atoms with Crippen molar-refractivity contribution >= 4 is 16.9 Å². The predicted molar refractivity (Wildman–Crippen MR) is 106 cm³/mol. The fraction of sp³-hybridized carbons (Fsp3) is 0.333. The van der Waals surface area contributed by atoms with Gasteiger partial charge in [-0.1, -0.05) is 18.2 Å². The minimum Gasteiger partial charge on any atom is -0.454 e. The molecule has 1 aromatic heterocycles. The standard InChI is InChI=1S/C21H23N3O4/c1-2-23-16-5-3-4-6-17(16)24(21(23)26)12-10-20(25)22-11-9-15-7-8-18-19(13-15)28-14-27-18/h3-8,13H,2,9-12,14H2,1H3,(H,22,25). The molecule has 0 radical (unpaired) electrons. The van der Waals surface area contributed by atoms with Crippen LogP contribution < -0.4 is 20.5 Å². The van der Waals surface area contributed by atoms with Gasteiger partial charge in [-0.25, -0.2) is 4.79 Å². The summed E-state index contributed by atoms with van der Waals surface area (Å²) < 4.78 is 14.1. The molecule has 0 atom stereocenters. The first-order valence-corrected chi connectivity index (χ1v) is 9.50. The maximum Gasteiger partial charge on any atom is 0.329 e. The number of fused-ring (bicyclic) bond motifs is 2. The number of aromatic nitrogens is 2. The largest absolute Gasteiger partial charge is 0.454 e. The van der Waals surface area contributed by atoms with Crippen molar-refractivity contribution in [1.29, 1.82) is 0 Å². The highest BCUT2D eigenvalue weighted by molar-refractivity contribution is 5.78. The Bertz CT molecular complexity index is 1070. The number of nitrogens with zero attached hydrogens (tertiary/aromatic N) is 2. The predicted octanol–water partition coefficient (Wildman–Crippen LogP) is 2.30. The van der Waals surface area contributed by atoms with Gasteiger partial charge in [-0.2, -0.15) is 0 Å². The lowest BCUT2D eigenvalue weighted by Crippen LogP contribution is -2.29. The van der Waals surface area contributed by atoms with Crippen LogP contribution in [-0.4, -0.2) is 28.4 Å². The molecule has 0 fully saturated rings. The van der Waals surface area contributed by atoms with Crippen molar-refractivity contribution in [3.05, 3.63) is 58.5 Å². The molecule has 0 saturated carbocycles. The summed E-state index contributed by atoms with van der Waals surface area (Å²) in [4.78, 5) is 24.8. The Labute approximate surface area is 162 Å². The van der Waals surface area contributed by atoms with Gasteiger partial charge in [-0.05, 0) is 43.2 Å². The number of amides is 1. The van der Waals surface area contributed by atoms with E-state index in [0.29, 0.717) is 26.1 Å². The maximum atomic E-state index is 12.6. The molecule has 0 unspecified atom stereocenters. The molecular formula is C21H23N3O4. The van der Waals surface area contributed by atoms with Crippen LogP contribution in [0.2, 0.25) is 0 Å². The van der Waals surface area contributed by atoms with Gasteiger partial charge in [0.2, 0.25) is 12.7 Å². The van der Waals surface area contributed by atoms with E-state index in [2.05, 4.69) is 5.32 Å². The van der Waals surface area contributed by atoms with E-state index in [0.717, 1.165) is 28.1 Å². The Kier molecular flexibility index (Phi) is 5.06. The van der Waals surface area contributed by atoms with Crippen LogP contribution in [-0.2, 0) is 24.3 Å². The van der Waals surface area contributed by atoms with Crippen molar-refractivity contribution in [3.63, 3.8) is 0 Å². The number of carbonyl (C=O) groups excluding carboxylic acids is 1. The van der Waals surface area contributed by atoms with Gasteiger partial charge in [0.05, 0.1) is 11.0 Å². The van der Waals surface area contributed by atoms with Gasteiger partial charge < -0.3 is 14.8 Å². The molecule has 1 N–H and O–H groups in total. The van der Waals surface area contributed by atoms with Crippen LogP contribution in [0.5, 0.6) is 11.5 Å². The van der Waals surface area contributed by atoms with E-state index in [1.54, 1.807) is 9.13 Å². The number of benzene rings is 2. The van der Waals surface area contributed by atoms with E-state index in [1.165, 1.54) is 0 Å². The Morgan fingerprint density at radius 1 is 1.07 bits per heavy atom. The second-order valence-corrected chi connectivity index (χ2v) is 6.70. The maximum absolute atomic E-state index is 12.6. The lowest BCUT2D eigenvalue weighted by Gasteiger charge is -2.07. The van der Waals surface area contributed by atoms with Crippen molar-refractivity contribution in [2.45, 2.75) is 32.9 Å². The number of aryl methyl sites for hydroxylation is 2. The molecule has 7 heteroatoms. The molecule has 0 spiro atoms. The van der Waals surface area contributed by atoms with Gasteiger partial charge in [-0.15, -0.1) is 0 Å². The van der Waals surface area contributed by atoms with E-state index < -0.39 is 0 Å². The number of hydrogen-bond acceptors (Lipinski definition) is 4. The molecule has 2 aromatic carbocycles. The molecule has 1 aliphatic rings. The van der Waals surface area contributed by atoms with Crippen LogP contribution >= 0.6 is 0 Å². The number of imidazole rings is 1. The van der Waals surface area contributed by atoms with Gasteiger partial charge in [0.1, 0.15) is 0 Å². The quantitative estimate of drug-likeness (QED) is 0.682. The molecule has 0 bridgehead atoms. The third kappa shape index (κ3) is 3.47. The average Bonchev–Trinajstić information content (AvgIpc) is 3.27. The van der Waals surface area contributed by atoms with E-state index in [9.17, 15) is 9.59 Å². The summed E-state index contributed by atoms with van der Waals surface area (Å²) in [5, 5.41) is 2.92. The van der Waals surface area contributed by atoms with Crippen LogP contribution in [0.25, 0.3) is 11.0 Å². The SMILES string of the molecule is CCn1c(=O)n(CCC(=O)NCCc2ccc3c(c2)OCO3)c2ccccc21. The summed E-state index contributed by atoms with van der Waals surface area (Å²) >= 11 is 0. The zero-order valence-corrected chi connectivity index (χ0v) is 15.8. The molecule has 1 amide bonds. The van der Waals surface area contributed by atoms with Crippen molar-refractivity contribution in [2.75, 3.05) is 13.3 Å². The fourth-order valence-electron chi connectivity index (χ4n) is 3.54. The topological polar surface area (TPSA) is 74.5 Å². The lowest BCUT2D eigenvalue weighted by atomic mass is 10.1. The van der Waals surface area contributed by atoms with Crippen LogP contribution in [0.15, 0.2) is 47.3 Å². The average molecular weight is 381 g/mol. The van der Waals surface area contributed by atoms with Crippen LogP contribution in [0.3, 0.4) is 0 Å². The van der Waals surface area contributed by atoms with E-state index in [1.807, 2.05) is 49.4 Å². The normalized spacial score (nSPS) is 12.5. The summed E-state index contributed by atoms with van der Waals surface area (Å²) in [6, 6.07) is 13.5. The zero-order chi connectivity index (χ0) is 19.5. The lowest BCUT2D eigenvalue weighted by molar-refractivity contribution is -0.121. The van der Waals surface area contributed by atoms with Crippen molar-refractivity contribution < 1.29 is 14.3 Å². The smallest absolute Gasteiger partial charge is 0.329 e. The molecule has 3 aromatic rings. The van der Waals surface area contributed by atoms with Gasteiger partial charge in [0.15, 0.2) is 11.5 Å². The first kappa shape index (κ1) is 18.2. The van der Waals surface area contributed by atoms with Crippen LogP contribution in [0.4, 0.5) is 0 Å². The molecule has 1 aliphatic heterocycles. The van der Waals surface area contributed by atoms with E-state index in [4.69, 9.17) is 9.47 Å². The summed E-state index contributed by atoms with van der Waals surface area (Å²) in [7, 11) is 0. The number of para-hydroxylation sites is 2. The Morgan fingerprint density at radius 3 is 2.61 bits per heavy atom. The summed E-state index contributed by atoms with van der Waals surface area (Å²) in [5.74, 6) is 1.43. The summed E-state index contributed by atoms with van der Waals surface area (Å²) in [5.41, 5.74) is 2.77. The van der Waals surface area contributed by atoms with E-state index >= 15 is 0 Å². The first-order valence-electron chi connectivity index (χ1n) is 9.50. The van der Waals surface area contributed by atoms with Gasteiger partial charge in [0.25, 0.3) is 0 Å². The molecule has 146 valence electrons. The second-order valence-electron chi connectivity index (χ2n) is 6.70. The Hall–Kier alpha value is -3.22. The van der Waals surface area contributed by atoms with Crippen molar-refractivity contribution in [3.8, 4) is 11.5 Å². The second kappa shape index (κ2) is 7.80. The number of hydrogen-bond donors (Lipinski definition) is 1.